The van der Waals surface area contributed by atoms with Gasteiger partial charge in [0.2, 0.25) is 0 Å². The number of nitrogen functional groups attached to an aromatic ring is 1. The van der Waals surface area contributed by atoms with E-state index >= 15 is 0 Å². The predicted molar refractivity (Wildman–Crippen MR) is 65.9 cm³/mol. The Labute approximate surface area is 101 Å². The zero-order valence-electron chi connectivity index (χ0n) is 8.81. The van der Waals surface area contributed by atoms with E-state index in [1.165, 1.54) is 18.4 Å². The van der Waals surface area contributed by atoms with Gasteiger partial charge in [0.05, 0.1) is 7.11 Å². The van der Waals surface area contributed by atoms with Crippen molar-refractivity contribution in [3.63, 3.8) is 0 Å². The standard InChI is InChI=1S/C10H10N2O2S2/c1-5-3-15-4-6(5)9-12-7(8(11)16-9)10(13)14-2/h3-4H,11H2,1-2H3. The van der Waals surface area contributed by atoms with Gasteiger partial charge >= 0.3 is 5.97 Å². The molecule has 0 spiro atoms. The molecule has 2 aromatic heterocycles. The lowest BCUT2D eigenvalue weighted by Gasteiger charge is -1.94. The summed E-state index contributed by atoms with van der Waals surface area (Å²) >= 11 is 2.90. The van der Waals surface area contributed by atoms with Crippen LogP contribution in [0.5, 0.6) is 0 Å². The number of nitrogens with zero attached hydrogens (tertiary/aromatic N) is 1. The van der Waals surface area contributed by atoms with Crippen molar-refractivity contribution in [3.8, 4) is 10.6 Å². The summed E-state index contributed by atoms with van der Waals surface area (Å²) in [4.78, 5) is 15.6. The van der Waals surface area contributed by atoms with Crippen molar-refractivity contribution < 1.29 is 9.53 Å². The van der Waals surface area contributed by atoms with Crippen molar-refractivity contribution in [3.05, 3.63) is 22.0 Å². The molecule has 0 amide bonds. The molecule has 2 N–H and O–H groups in total. The molecule has 0 bridgehead atoms. The van der Waals surface area contributed by atoms with Gasteiger partial charge in [-0.3, -0.25) is 0 Å². The number of hydrogen-bond acceptors (Lipinski definition) is 6. The van der Waals surface area contributed by atoms with Crippen molar-refractivity contribution >= 4 is 33.6 Å². The molecule has 2 aromatic rings. The Kier molecular flexibility index (Phi) is 2.93. The number of anilines is 1. The fourth-order valence-electron chi connectivity index (χ4n) is 1.27. The average molecular weight is 254 g/mol. The molecule has 2 heterocycles. The Hall–Kier alpha value is -1.40. The zero-order valence-corrected chi connectivity index (χ0v) is 10.4. The lowest BCUT2D eigenvalue weighted by atomic mass is 10.2. The van der Waals surface area contributed by atoms with Crippen LogP contribution in [0.25, 0.3) is 10.6 Å². The number of nitrogens with two attached hydrogens (primary N) is 1. The molecule has 0 fully saturated rings. The Balaban J connectivity index is 2.46. The molecule has 4 nitrogen and oxygen atoms in total. The Morgan fingerprint density at radius 2 is 2.25 bits per heavy atom. The van der Waals surface area contributed by atoms with Crippen LogP contribution in [0.3, 0.4) is 0 Å². The first-order chi connectivity index (χ1) is 7.63. The molecule has 0 radical (unpaired) electrons. The van der Waals surface area contributed by atoms with E-state index in [0.717, 1.165) is 16.1 Å². The molecule has 84 valence electrons. The summed E-state index contributed by atoms with van der Waals surface area (Å²) < 4.78 is 4.61. The molecular formula is C10H10N2O2S2. The SMILES string of the molecule is COC(=O)c1nc(-c2cscc2C)sc1N. The second-order valence-corrected chi connectivity index (χ2v) is 4.97. The Bertz CT molecular complexity index is 531. The second kappa shape index (κ2) is 4.23. The third-order valence-corrected chi connectivity index (χ3v) is 3.90. The summed E-state index contributed by atoms with van der Waals surface area (Å²) in [6, 6.07) is 0. The highest BCUT2D eigenvalue weighted by Crippen LogP contribution is 2.33. The minimum absolute atomic E-state index is 0.202. The number of aromatic nitrogens is 1. The summed E-state index contributed by atoms with van der Waals surface area (Å²) in [5, 5.41) is 5.18. The van der Waals surface area contributed by atoms with E-state index in [1.54, 1.807) is 11.3 Å². The van der Waals surface area contributed by atoms with E-state index in [1.807, 2.05) is 17.7 Å². The zero-order chi connectivity index (χ0) is 11.7. The van der Waals surface area contributed by atoms with Crippen LogP contribution in [0.1, 0.15) is 16.1 Å². The summed E-state index contributed by atoms with van der Waals surface area (Å²) in [5.74, 6) is -0.493. The number of rotatable bonds is 2. The maximum atomic E-state index is 11.3. The first-order valence-electron chi connectivity index (χ1n) is 4.51. The molecule has 6 heteroatoms. The first kappa shape index (κ1) is 11.1. The van der Waals surface area contributed by atoms with Gasteiger partial charge in [0.1, 0.15) is 10.0 Å². The van der Waals surface area contributed by atoms with E-state index in [2.05, 4.69) is 9.72 Å². The molecule has 0 aromatic carbocycles. The van der Waals surface area contributed by atoms with E-state index < -0.39 is 5.97 Å². The van der Waals surface area contributed by atoms with E-state index in [9.17, 15) is 4.79 Å². The molecule has 0 atom stereocenters. The highest BCUT2D eigenvalue weighted by Gasteiger charge is 2.18. The number of thiophene rings is 1. The van der Waals surface area contributed by atoms with Gasteiger partial charge < -0.3 is 10.5 Å². The van der Waals surface area contributed by atoms with E-state index in [0.29, 0.717) is 5.00 Å². The van der Waals surface area contributed by atoms with Crippen LogP contribution in [0.2, 0.25) is 0 Å². The van der Waals surface area contributed by atoms with Gasteiger partial charge in [-0.15, -0.1) is 0 Å². The summed E-state index contributed by atoms with van der Waals surface area (Å²) in [6.45, 7) is 2.00. The number of hydrogen-bond donors (Lipinski definition) is 1. The highest BCUT2D eigenvalue weighted by molar-refractivity contribution is 7.19. The van der Waals surface area contributed by atoms with Crippen molar-refractivity contribution in [2.45, 2.75) is 6.92 Å². The third kappa shape index (κ3) is 1.81. The van der Waals surface area contributed by atoms with Gasteiger partial charge in [0.25, 0.3) is 0 Å². The summed E-state index contributed by atoms with van der Waals surface area (Å²) in [7, 11) is 1.32. The van der Waals surface area contributed by atoms with Crippen LogP contribution in [-0.4, -0.2) is 18.1 Å². The highest BCUT2D eigenvalue weighted by atomic mass is 32.1. The van der Waals surface area contributed by atoms with Gasteiger partial charge in [0.15, 0.2) is 5.69 Å². The van der Waals surface area contributed by atoms with Gasteiger partial charge in [-0.1, -0.05) is 11.3 Å². The molecule has 0 aliphatic heterocycles. The monoisotopic (exact) mass is 254 g/mol. The smallest absolute Gasteiger partial charge is 0.359 e. The Morgan fingerprint density at radius 1 is 1.50 bits per heavy atom. The molecule has 2 rings (SSSR count). The first-order valence-corrected chi connectivity index (χ1v) is 6.27. The number of esters is 1. The number of methoxy groups -OCH3 is 1. The molecule has 16 heavy (non-hydrogen) atoms. The summed E-state index contributed by atoms with van der Waals surface area (Å²) in [5.41, 5.74) is 8.09. The fourth-order valence-corrected chi connectivity index (χ4v) is 3.08. The fraction of sp³-hybridized carbons (Fsp3) is 0.200. The molecular weight excluding hydrogens is 244 g/mol. The van der Waals surface area contributed by atoms with Gasteiger partial charge in [-0.2, -0.15) is 11.3 Å². The van der Waals surface area contributed by atoms with Crippen molar-refractivity contribution in [2.24, 2.45) is 0 Å². The van der Waals surface area contributed by atoms with Gasteiger partial charge in [0, 0.05) is 10.9 Å². The van der Waals surface area contributed by atoms with Crippen molar-refractivity contribution in [1.82, 2.24) is 4.98 Å². The van der Waals surface area contributed by atoms with Crippen LogP contribution in [0, 0.1) is 6.92 Å². The minimum Gasteiger partial charge on any atom is -0.464 e. The van der Waals surface area contributed by atoms with Crippen molar-refractivity contribution in [2.75, 3.05) is 12.8 Å². The molecule has 0 saturated carbocycles. The topological polar surface area (TPSA) is 65.2 Å². The lowest BCUT2D eigenvalue weighted by molar-refractivity contribution is 0.0596. The number of ether oxygens (including phenoxy) is 1. The predicted octanol–water partition coefficient (Wildman–Crippen LogP) is 2.55. The van der Waals surface area contributed by atoms with Gasteiger partial charge in [-0.05, 0) is 17.9 Å². The minimum atomic E-state index is -0.493. The second-order valence-electron chi connectivity index (χ2n) is 3.19. The van der Waals surface area contributed by atoms with Crippen LogP contribution in [0.4, 0.5) is 5.00 Å². The molecule has 0 aliphatic rings. The van der Waals surface area contributed by atoms with E-state index in [4.69, 9.17) is 5.73 Å². The number of carbonyl (C=O) groups is 1. The Morgan fingerprint density at radius 3 is 2.81 bits per heavy atom. The molecule has 0 saturated heterocycles. The van der Waals surface area contributed by atoms with E-state index in [-0.39, 0.29) is 5.69 Å². The van der Waals surface area contributed by atoms with Crippen LogP contribution >= 0.6 is 22.7 Å². The molecule has 0 unspecified atom stereocenters. The van der Waals surface area contributed by atoms with Crippen molar-refractivity contribution in [1.29, 1.82) is 0 Å². The largest absolute Gasteiger partial charge is 0.464 e. The third-order valence-electron chi connectivity index (χ3n) is 2.12. The van der Waals surface area contributed by atoms with Crippen LogP contribution in [-0.2, 0) is 4.74 Å². The van der Waals surface area contributed by atoms with Crippen LogP contribution < -0.4 is 5.73 Å². The number of carbonyl (C=O) groups excluding carboxylic acids is 1. The quantitative estimate of drug-likeness (QED) is 0.836. The maximum Gasteiger partial charge on any atom is 0.359 e. The lowest BCUT2D eigenvalue weighted by Crippen LogP contribution is -2.04. The maximum absolute atomic E-state index is 11.3. The van der Waals surface area contributed by atoms with Crippen LogP contribution in [0.15, 0.2) is 10.8 Å². The van der Waals surface area contributed by atoms with Gasteiger partial charge in [-0.25, -0.2) is 9.78 Å². The average Bonchev–Trinajstić information content (AvgIpc) is 2.83. The normalized spacial score (nSPS) is 10.4. The summed E-state index contributed by atoms with van der Waals surface area (Å²) in [6.07, 6.45) is 0. The number of aryl methyl sites for hydroxylation is 1. The number of thiazole rings is 1. The molecule has 0 aliphatic carbocycles.